The van der Waals surface area contributed by atoms with Crippen LogP contribution < -0.4 is 0 Å². The Bertz CT molecular complexity index is 888. The normalized spacial score (nSPS) is 17.1. The fourth-order valence-electron chi connectivity index (χ4n) is 2.52. The maximum atomic E-state index is 11.4. The van der Waals surface area contributed by atoms with Gasteiger partial charge in [-0.25, -0.2) is 4.79 Å². The van der Waals surface area contributed by atoms with Gasteiger partial charge in [0.15, 0.2) is 0 Å². The highest BCUT2D eigenvalue weighted by Gasteiger charge is 2.11. The van der Waals surface area contributed by atoms with Crippen molar-refractivity contribution in [2.45, 2.75) is 18.4 Å². The first-order chi connectivity index (χ1) is 13.2. The number of benzene rings is 2. The monoisotopic (exact) mass is 400 g/mol. The van der Waals surface area contributed by atoms with Gasteiger partial charge >= 0.3 is 5.97 Å². The molecule has 5 heteroatoms. The molecule has 140 valence electrons. The number of carbonyl (C=O) groups is 1. The third-order valence-electron chi connectivity index (χ3n) is 3.88. The van der Waals surface area contributed by atoms with Gasteiger partial charge in [0.05, 0.1) is 6.61 Å². The molecular weight excluding hydrogens is 380 g/mol. The summed E-state index contributed by atoms with van der Waals surface area (Å²) in [6, 6.07) is 16.0. The van der Waals surface area contributed by atoms with Crippen LogP contribution in [0.1, 0.15) is 18.1 Å². The van der Waals surface area contributed by atoms with Gasteiger partial charge in [-0.15, -0.1) is 0 Å². The molecule has 2 aromatic carbocycles. The van der Waals surface area contributed by atoms with E-state index in [2.05, 4.69) is 10.8 Å². The van der Waals surface area contributed by atoms with Gasteiger partial charge in [0, 0.05) is 16.5 Å². The molecule has 1 aliphatic heterocycles. The number of allylic oxidation sites excluding steroid dienone is 1. The summed E-state index contributed by atoms with van der Waals surface area (Å²) in [6.45, 7) is 2.68. The van der Waals surface area contributed by atoms with Crippen molar-refractivity contribution in [1.29, 1.82) is 0 Å². The van der Waals surface area contributed by atoms with Crippen LogP contribution >= 0.6 is 22.5 Å². The van der Waals surface area contributed by atoms with Crippen molar-refractivity contribution in [3.63, 3.8) is 0 Å². The molecule has 0 saturated carbocycles. The van der Waals surface area contributed by atoms with Gasteiger partial charge in [0.2, 0.25) is 0 Å². The lowest BCUT2D eigenvalue weighted by molar-refractivity contribution is -0.137. The lowest BCUT2D eigenvalue weighted by Crippen LogP contribution is -1.98. The Morgan fingerprint density at radius 1 is 1.19 bits per heavy atom. The smallest absolute Gasteiger partial charge is 0.330 e. The fraction of sp³-hybridized carbons (Fsp3) is 0.136. The Morgan fingerprint density at radius 2 is 2.00 bits per heavy atom. The lowest BCUT2D eigenvalue weighted by atomic mass is 10.2. The number of halogens is 1. The molecule has 0 bridgehead atoms. The minimum Gasteiger partial charge on any atom is -0.488 e. The SMILES string of the molecule is CCOC(=O)C=Cc1ccc([SH]2C=CC(OCc3ccccc3)=C2)cc1Cl. The topological polar surface area (TPSA) is 35.5 Å². The Hall–Kier alpha value is -2.43. The summed E-state index contributed by atoms with van der Waals surface area (Å²) in [5, 5.41) is 4.89. The van der Waals surface area contributed by atoms with Crippen LogP contribution in [-0.4, -0.2) is 12.6 Å². The van der Waals surface area contributed by atoms with Crippen LogP contribution in [0.3, 0.4) is 0 Å². The van der Waals surface area contributed by atoms with Crippen LogP contribution in [0.5, 0.6) is 0 Å². The van der Waals surface area contributed by atoms with Gasteiger partial charge < -0.3 is 9.47 Å². The van der Waals surface area contributed by atoms with Crippen molar-refractivity contribution in [3.05, 3.63) is 93.4 Å². The highest BCUT2D eigenvalue weighted by atomic mass is 35.5. The second kappa shape index (κ2) is 9.49. The number of hydrogen-bond acceptors (Lipinski definition) is 3. The van der Waals surface area contributed by atoms with Crippen molar-refractivity contribution in [3.8, 4) is 0 Å². The molecule has 2 aromatic rings. The molecule has 0 spiro atoms. The second-order valence-corrected chi connectivity index (χ2v) is 8.11. The highest BCUT2D eigenvalue weighted by Crippen LogP contribution is 2.45. The molecule has 1 aliphatic rings. The number of hydrogen-bond donors (Lipinski definition) is 1. The summed E-state index contributed by atoms with van der Waals surface area (Å²) in [5.41, 5.74) is 1.93. The van der Waals surface area contributed by atoms with E-state index in [-0.39, 0.29) is 5.97 Å². The molecule has 0 amide bonds. The molecule has 0 aromatic heterocycles. The average molecular weight is 401 g/mol. The van der Waals surface area contributed by atoms with Crippen LogP contribution in [0.25, 0.3) is 6.08 Å². The number of ether oxygens (including phenoxy) is 2. The van der Waals surface area contributed by atoms with Crippen molar-refractivity contribution >= 4 is 34.5 Å². The quantitative estimate of drug-likeness (QED) is 0.359. The molecule has 3 rings (SSSR count). The van der Waals surface area contributed by atoms with Gasteiger partial charge in [0.1, 0.15) is 12.4 Å². The molecule has 0 N–H and O–H groups in total. The van der Waals surface area contributed by atoms with Crippen LogP contribution in [0.2, 0.25) is 5.02 Å². The Balaban J connectivity index is 1.63. The first-order valence-electron chi connectivity index (χ1n) is 8.65. The predicted octanol–water partition coefficient (Wildman–Crippen LogP) is 5.86. The molecule has 0 aliphatic carbocycles. The zero-order chi connectivity index (χ0) is 19.1. The first kappa shape index (κ1) is 19.3. The molecule has 1 unspecified atom stereocenters. The maximum absolute atomic E-state index is 11.4. The zero-order valence-electron chi connectivity index (χ0n) is 15.0. The van der Waals surface area contributed by atoms with Gasteiger partial charge in [-0.2, -0.15) is 10.9 Å². The Kier molecular flexibility index (Phi) is 6.80. The third kappa shape index (κ3) is 5.52. The summed E-state index contributed by atoms with van der Waals surface area (Å²) in [6.07, 6.45) is 5.07. The average Bonchev–Trinajstić information content (AvgIpc) is 3.15. The van der Waals surface area contributed by atoms with Crippen molar-refractivity contribution < 1.29 is 14.3 Å². The molecule has 0 radical (unpaired) electrons. The minimum absolute atomic E-state index is 0.355. The molecule has 0 saturated heterocycles. The summed E-state index contributed by atoms with van der Waals surface area (Å²) < 4.78 is 10.8. The van der Waals surface area contributed by atoms with E-state index in [0.29, 0.717) is 18.2 Å². The van der Waals surface area contributed by atoms with Gasteiger partial charge in [-0.05, 0) is 52.6 Å². The molecule has 1 heterocycles. The molecule has 3 nitrogen and oxygen atoms in total. The molecule has 1 atom stereocenters. The van der Waals surface area contributed by atoms with Gasteiger partial charge in [0.25, 0.3) is 0 Å². The van der Waals surface area contributed by atoms with Crippen molar-refractivity contribution in [2.24, 2.45) is 0 Å². The van der Waals surface area contributed by atoms with E-state index in [4.69, 9.17) is 21.1 Å². The highest BCUT2D eigenvalue weighted by molar-refractivity contribution is 8.22. The second-order valence-electron chi connectivity index (χ2n) is 5.82. The van der Waals surface area contributed by atoms with E-state index in [0.717, 1.165) is 21.8 Å². The summed E-state index contributed by atoms with van der Waals surface area (Å²) in [4.78, 5) is 12.6. The van der Waals surface area contributed by atoms with E-state index in [1.807, 2.05) is 54.6 Å². The fourth-order valence-corrected chi connectivity index (χ4v) is 4.52. The molecule has 27 heavy (non-hydrogen) atoms. The summed E-state index contributed by atoms with van der Waals surface area (Å²) in [7, 11) is -0.584. The maximum Gasteiger partial charge on any atom is 0.330 e. The van der Waals surface area contributed by atoms with Crippen LogP contribution in [0.4, 0.5) is 0 Å². The predicted molar refractivity (Wildman–Crippen MR) is 113 cm³/mol. The van der Waals surface area contributed by atoms with E-state index in [9.17, 15) is 4.79 Å². The van der Waals surface area contributed by atoms with Gasteiger partial charge in [-0.3, -0.25) is 0 Å². The van der Waals surface area contributed by atoms with Crippen molar-refractivity contribution in [1.82, 2.24) is 0 Å². The van der Waals surface area contributed by atoms with E-state index in [1.165, 1.54) is 6.08 Å². The molecular formula is C22H21ClO3S. The number of thiol groups is 1. The van der Waals surface area contributed by atoms with Crippen LogP contribution in [-0.2, 0) is 20.9 Å². The summed E-state index contributed by atoms with van der Waals surface area (Å²) >= 11 is 6.38. The third-order valence-corrected chi connectivity index (χ3v) is 6.09. The number of esters is 1. The van der Waals surface area contributed by atoms with E-state index in [1.54, 1.807) is 13.0 Å². The van der Waals surface area contributed by atoms with Gasteiger partial charge in [-0.1, -0.05) is 48.0 Å². The van der Waals surface area contributed by atoms with Crippen molar-refractivity contribution in [2.75, 3.05) is 6.61 Å². The molecule has 0 fully saturated rings. The number of rotatable bonds is 7. The van der Waals surface area contributed by atoms with E-state index >= 15 is 0 Å². The Labute approximate surface area is 167 Å². The minimum atomic E-state index is -0.584. The first-order valence-corrected chi connectivity index (χ1v) is 10.5. The van der Waals surface area contributed by atoms with E-state index < -0.39 is 10.9 Å². The number of carbonyl (C=O) groups excluding carboxylic acids is 1. The van der Waals surface area contributed by atoms with Crippen LogP contribution in [0, 0.1) is 0 Å². The standard InChI is InChI=1S/C22H21ClO3S/c1-2-25-22(24)11-9-18-8-10-20(14-21(18)23)27-13-12-19(16-27)26-15-17-6-4-3-5-7-17/h3-14,16,27H,2,15H2,1H3. The largest absolute Gasteiger partial charge is 0.488 e. The Morgan fingerprint density at radius 3 is 2.74 bits per heavy atom. The van der Waals surface area contributed by atoms with Crippen LogP contribution in [0.15, 0.2) is 82.2 Å². The zero-order valence-corrected chi connectivity index (χ0v) is 16.6. The lowest BCUT2D eigenvalue weighted by Gasteiger charge is -2.12. The summed E-state index contributed by atoms with van der Waals surface area (Å²) in [5.74, 6) is 0.510.